The number of fused-ring (bicyclic) bond motifs is 3. The zero-order valence-corrected chi connectivity index (χ0v) is 19.1. The SMILES string of the molecule is CCOc1ccc(NC(=O)C2=C(C)Nc3nc4ccccc4n3[C@@H]2c2ccc(Cl)cc2)cc1. The zero-order chi connectivity index (χ0) is 22.9. The molecule has 4 aromatic rings. The summed E-state index contributed by atoms with van der Waals surface area (Å²) in [6.45, 7) is 4.43. The van der Waals surface area contributed by atoms with Gasteiger partial charge in [-0.15, -0.1) is 0 Å². The number of ether oxygens (including phenoxy) is 1. The Morgan fingerprint density at radius 2 is 1.82 bits per heavy atom. The summed E-state index contributed by atoms with van der Waals surface area (Å²) in [6, 6.07) is 22.5. The Morgan fingerprint density at radius 3 is 2.55 bits per heavy atom. The highest BCUT2D eigenvalue weighted by Gasteiger charge is 2.34. The van der Waals surface area contributed by atoms with E-state index in [1.165, 1.54) is 0 Å². The number of halogens is 1. The molecular formula is C26H23ClN4O2. The molecule has 1 aliphatic heterocycles. The number of nitrogens with zero attached hydrogens (tertiary/aromatic N) is 2. The van der Waals surface area contributed by atoms with Crippen molar-refractivity contribution in [2.45, 2.75) is 19.9 Å². The van der Waals surface area contributed by atoms with Crippen molar-refractivity contribution in [3.63, 3.8) is 0 Å². The van der Waals surface area contributed by atoms with Crippen molar-refractivity contribution in [3.8, 4) is 5.75 Å². The molecule has 33 heavy (non-hydrogen) atoms. The normalized spacial score (nSPS) is 15.2. The molecule has 0 radical (unpaired) electrons. The summed E-state index contributed by atoms with van der Waals surface area (Å²) in [6.07, 6.45) is 0. The van der Waals surface area contributed by atoms with Crippen molar-refractivity contribution in [1.82, 2.24) is 9.55 Å². The molecule has 1 atom stereocenters. The van der Waals surface area contributed by atoms with Gasteiger partial charge in [0.15, 0.2) is 0 Å². The minimum Gasteiger partial charge on any atom is -0.494 e. The monoisotopic (exact) mass is 458 g/mol. The zero-order valence-electron chi connectivity index (χ0n) is 18.3. The fourth-order valence-corrected chi connectivity index (χ4v) is 4.34. The van der Waals surface area contributed by atoms with Crippen molar-refractivity contribution in [3.05, 3.63) is 94.7 Å². The fourth-order valence-electron chi connectivity index (χ4n) is 4.22. The maximum atomic E-state index is 13.6. The number of imidazole rings is 1. The lowest BCUT2D eigenvalue weighted by Crippen LogP contribution is -2.30. The van der Waals surface area contributed by atoms with E-state index in [-0.39, 0.29) is 11.9 Å². The Kier molecular flexibility index (Phi) is 5.52. The van der Waals surface area contributed by atoms with Crippen molar-refractivity contribution in [1.29, 1.82) is 0 Å². The van der Waals surface area contributed by atoms with Crippen LogP contribution in [0.5, 0.6) is 5.75 Å². The number of benzene rings is 3. The number of amides is 1. The van der Waals surface area contributed by atoms with Crippen LogP contribution in [-0.4, -0.2) is 22.1 Å². The summed E-state index contributed by atoms with van der Waals surface area (Å²) in [5.74, 6) is 1.28. The van der Waals surface area contributed by atoms with Crippen LogP contribution in [0.25, 0.3) is 11.0 Å². The molecule has 0 unspecified atom stereocenters. The first-order chi connectivity index (χ1) is 16.0. The molecule has 7 heteroatoms. The predicted octanol–water partition coefficient (Wildman–Crippen LogP) is 6.02. The number of carbonyl (C=O) groups excluding carboxylic acids is 1. The summed E-state index contributed by atoms with van der Waals surface area (Å²) < 4.78 is 7.57. The molecule has 0 spiro atoms. The van der Waals surface area contributed by atoms with Crippen LogP contribution >= 0.6 is 11.6 Å². The number of nitrogens with one attached hydrogen (secondary N) is 2. The molecule has 2 heterocycles. The van der Waals surface area contributed by atoms with Gasteiger partial charge in [-0.3, -0.25) is 9.36 Å². The largest absolute Gasteiger partial charge is 0.494 e. The molecule has 166 valence electrons. The van der Waals surface area contributed by atoms with E-state index in [0.717, 1.165) is 28.0 Å². The number of allylic oxidation sites excluding steroid dienone is 1. The van der Waals surface area contributed by atoms with Gasteiger partial charge in [0, 0.05) is 16.4 Å². The van der Waals surface area contributed by atoms with Gasteiger partial charge in [-0.25, -0.2) is 4.98 Å². The molecule has 0 aliphatic carbocycles. The number of para-hydroxylation sites is 2. The van der Waals surface area contributed by atoms with Gasteiger partial charge in [0.2, 0.25) is 5.95 Å². The van der Waals surface area contributed by atoms with E-state index in [0.29, 0.717) is 28.8 Å². The van der Waals surface area contributed by atoms with E-state index in [1.54, 1.807) is 0 Å². The highest BCUT2D eigenvalue weighted by atomic mass is 35.5. The molecule has 1 aliphatic rings. The Bertz CT molecular complexity index is 1360. The first-order valence-corrected chi connectivity index (χ1v) is 11.2. The summed E-state index contributed by atoms with van der Waals surface area (Å²) in [4.78, 5) is 18.4. The second-order valence-electron chi connectivity index (χ2n) is 7.82. The van der Waals surface area contributed by atoms with Crippen molar-refractivity contribution < 1.29 is 9.53 Å². The summed E-state index contributed by atoms with van der Waals surface area (Å²) >= 11 is 6.16. The average molecular weight is 459 g/mol. The van der Waals surface area contributed by atoms with E-state index in [1.807, 2.05) is 86.6 Å². The number of carbonyl (C=O) groups is 1. The van der Waals surface area contributed by atoms with Crippen molar-refractivity contribution >= 4 is 40.2 Å². The van der Waals surface area contributed by atoms with Crippen molar-refractivity contribution in [2.24, 2.45) is 0 Å². The van der Waals surface area contributed by atoms with Gasteiger partial charge in [0.25, 0.3) is 5.91 Å². The van der Waals surface area contributed by atoms with E-state index in [4.69, 9.17) is 21.3 Å². The van der Waals surface area contributed by atoms with Crippen LogP contribution in [0.2, 0.25) is 5.02 Å². The molecule has 1 aromatic heterocycles. The van der Waals surface area contributed by atoms with E-state index in [2.05, 4.69) is 15.2 Å². The standard InChI is InChI=1S/C26H23ClN4O2/c1-3-33-20-14-12-19(13-15-20)29-25(32)23-16(2)28-26-30-21-6-4-5-7-22(21)31(26)24(23)17-8-10-18(27)11-9-17/h4-15,24H,3H2,1-2H3,(H,28,30)(H,29,32)/t24-/m1/s1. The summed E-state index contributed by atoms with van der Waals surface area (Å²) in [5.41, 5.74) is 4.81. The maximum Gasteiger partial charge on any atom is 0.255 e. The van der Waals surface area contributed by atoms with Gasteiger partial charge in [-0.2, -0.15) is 0 Å². The molecule has 0 saturated heterocycles. The third-order valence-electron chi connectivity index (χ3n) is 5.68. The first-order valence-electron chi connectivity index (χ1n) is 10.8. The molecule has 1 amide bonds. The quantitative estimate of drug-likeness (QED) is 0.384. The van der Waals surface area contributed by atoms with Crippen LogP contribution in [0, 0.1) is 0 Å². The van der Waals surface area contributed by atoms with Crippen LogP contribution in [0.4, 0.5) is 11.6 Å². The third kappa shape index (κ3) is 3.94. The van der Waals surface area contributed by atoms with Crippen LogP contribution in [0.1, 0.15) is 25.5 Å². The van der Waals surface area contributed by atoms with Crippen LogP contribution in [0.15, 0.2) is 84.1 Å². The Balaban J connectivity index is 1.58. The van der Waals surface area contributed by atoms with Gasteiger partial charge in [-0.05, 0) is 67.9 Å². The van der Waals surface area contributed by atoms with Gasteiger partial charge < -0.3 is 15.4 Å². The smallest absolute Gasteiger partial charge is 0.255 e. The number of hydrogen-bond donors (Lipinski definition) is 2. The van der Waals surface area contributed by atoms with E-state index in [9.17, 15) is 4.79 Å². The molecule has 2 N–H and O–H groups in total. The Labute approximate surface area is 196 Å². The van der Waals surface area contributed by atoms with Gasteiger partial charge in [0.05, 0.1) is 29.3 Å². The second-order valence-corrected chi connectivity index (χ2v) is 8.26. The fraction of sp³-hybridized carbons (Fsp3) is 0.154. The first kappa shape index (κ1) is 21.1. The topological polar surface area (TPSA) is 68.2 Å². The Hall–Kier alpha value is -3.77. The third-order valence-corrected chi connectivity index (χ3v) is 5.94. The lowest BCUT2D eigenvalue weighted by atomic mass is 9.94. The van der Waals surface area contributed by atoms with Crippen LogP contribution in [-0.2, 0) is 4.79 Å². The molecule has 6 nitrogen and oxygen atoms in total. The van der Waals surface area contributed by atoms with Crippen LogP contribution in [0.3, 0.4) is 0 Å². The molecule has 0 bridgehead atoms. The van der Waals surface area contributed by atoms with E-state index >= 15 is 0 Å². The van der Waals surface area contributed by atoms with Crippen molar-refractivity contribution in [2.75, 3.05) is 17.2 Å². The minimum absolute atomic E-state index is 0.187. The van der Waals surface area contributed by atoms with Gasteiger partial charge in [-0.1, -0.05) is 35.9 Å². The lowest BCUT2D eigenvalue weighted by molar-refractivity contribution is -0.113. The molecule has 0 saturated carbocycles. The molecule has 5 rings (SSSR count). The minimum atomic E-state index is -0.367. The van der Waals surface area contributed by atoms with Gasteiger partial charge >= 0.3 is 0 Å². The van der Waals surface area contributed by atoms with Gasteiger partial charge in [0.1, 0.15) is 5.75 Å². The second kappa shape index (κ2) is 8.64. The lowest BCUT2D eigenvalue weighted by Gasteiger charge is -2.30. The molecular weight excluding hydrogens is 436 g/mol. The number of anilines is 2. The highest BCUT2D eigenvalue weighted by Crippen LogP contribution is 2.39. The predicted molar refractivity (Wildman–Crippen MR) is 132 cm³/mol. The number of hydrogen-bond acceptors (Lipinski definition) is 4. The molecule has 0 fully saturated rings. The Morgan fingerprint density at radius 1 is 1.09 bits per heavy atom. The van der Waals surface area contributed by atoms with Crippen LogP contribution < -0.4 is 15.4 Å². The van der Waals surface area contributed by atoms with E-state index < -0.39 is 0 Å². The maximum absolute atomic E-state index is 13.6. The highest BCUT2D eigenvalue weighted by molar-refractivity contribution is 6.30. The molecule has 3 aromatic carbocycles. The summed E-state index contributed by atoms with van der Waals surface area (Å²) in [7, 11) is 0. The average Bonchev–Trinajstić information content (AvgIpc) is 3.18. The summed E-state index contributed by atoms with van der Waals surface area (Å²) in [5, 5.41) is 7.01. The number of rotatable bonds is 5. The number of aromatic nitrogens is 2.